The number of carbonyl (C=O) groups excluding carboxylic acids is 1. The first-order valence-corrected chi connectivity index (χ1v) is 3.59. The molecule has 0 aliphatic carbocycles. The lowest BCUT2D eigenvalue weighted by Crippen LogP contribution is -2.05. The van der Waals surface area contributed by atoms with Crippen LogP contribution in [0.1, 0.15) is 5.56 Å². The molecule has 0 atom stereocenters. The Kier molecular flexibility index (Phi) is 2.54. The molecule has 0 unspecified atom stereocenters. The Bertz CT molecular complexity index is 338. The Labute approximate surface area is 74.9 Å². The number of amides is 1. The van der Waals surface area contributed by atoms with Gasteiger partial charge in [0.25, 0.3) is 0 Å². The molecule has 0 aromatic heterocycles. The van der Waals surface area contributed by atoms with E-state index in [4.69, 9.17) is 5.73 Å². The quantitative estimate of drug-likeness (QED) is 0.581. The molecule has 0 spiro atoms. The molecule has 0 heterocycles. The van der Waals surface area contributed by atoms with Crippen molar-refractivity contribution in [3.8, 4) is 11.5 Å². The maximum atomic E-state index is 10.4. The number of rotatable bonds is 2. The summed E-state index contributed by atoms with van der Waals surface area (Å²) in [5.74, 6) is -0.836. The fourth-order valence-electron chi connectivity index (χ4n) is 0.877. The minimum Gasteiger partial charge on any atom is -0.507 e. The molecular formula is C9H9NO3. The standard InChI is InChI=1S/C9H9NO3/c10-9(13)5-4-6-7(11)2-1-3-8(6)12/h1-5,11-12H,(H2,10,13). The lowest BCUT2D eigenvalue weighted by atomic mass is 10.1. The van der Waals surface area contributed by atoms with Crippen LogP contribution < -0.4 is 5.73 Å². The molecule has 1 aromatic rings. The molecule has 0 aliphatic heterocycles. The molecule has 0 saturated heterocycles. The van der Waals surface area contributed by atoms with Gasteiger partial charge in [-0.3, -0.25) is 4.79 Å². The number of hydrogen-bond acceptors (Lipinski definition) is 3. The molecule has 13 heavy (non-hydrogen) atoms. The molecule has 1 rings (SSSR count). The van der Waals surface area contributed by atoms with Gasteiger partial charge in [-0.05, 0) is 18.2 Å². The fraction of sp³-hybridized carbons (Fsp3) is 0. The van der Waals surface area contributed by atoms with Gasteiger partial charge in [0, 0.05) is 6.08 Å². The molecule has 0 saturated carbocycles. The minimum atomic E-state index is -0.636. The topological polar surface area (TPSA) is 83.6 Å². The lowest BCUT2D eigenvalue weighted by Gasteiger charge is -2.00. The molecule has 0 fully saturated rings. The number of phenolic OH excluding ortho intramolecular Hbond substituents is 2. The zero-order valence-corrected chi connectivity index (χ0v) is 6.77. The van der Waals surface area contributed by atoms with Crippen molar-refractivity contribution in [3.05, 3.63) is 29.8 Å². The first-order chi connectivity index (χ1) is 6.11. The van der Waals surface area contributed by atoms with E-state index in [-0.39, 0.29) is 17.1 Å². The summed E-state index contributed by atoms with van der Waals surface area (Å²) in [6.07, 6.45) is 2.32. The molecule has 0 bridgehead atoms. The van der Waals surface area contributed by atoms with E-state index >= 15 is 0 Å². The predicted molar refractivity (Wildman–Crippen MR) is 48.0 cm³/mol. The number of hydrogen-bond donors (Lipinski definition) is 3. The van der Waals surface area contributed by atoms with E-state index in [1.807, 2.05) is 0 Å². The molecule has 1 amide bonds. The van der Waals surface area contributed by atoms with Gasteiger partial charge in [0.05, 0.1) is 5.56 Å². The van der Waals surface area contributed by atoms with E-state index in [0.717, 1.165) is 6.08 Å². The third-order valence-electron chi connectivity index (χ3n) is 1.47. The highest BCUT2D eigenvalue weighted by atomic mass is 16.3. The van der Waals surface area contributed by atoms with Crippen molar-refractivity contribution < 1.29 is 15.0 Å². The van der Waals surface area contributed by atoms with Crippen LogP contribution in [0.5, 0.6) is 11.5 Å². The van der Waals surface area contributed by atoms with Gasteiger partial charge in [0.2, 0.25) is 5.91 Å². The van der Waals surface area contributed by atoms with Crippen LogP contribution in [0.15, 0.2) is 24.3 Å². The summed E-state index contributed by atoms with van der Waals surface area (Å²) in [5.41, 5.74) is 5.03. The van der Waals surface area contributed by atoms with Gasteiger partial charge in [-0.15, -0.1) is 0 Å². The molecule has 1 aromatic carbocycles. The van der Waals surface area contributed by atoms with Crippen LogP contribution in [0.3, 0.4) is 0 Å². The van der Waals surface area contributed by atoms with Crippen LogP contribution >= 0.6 is 0 Å². The number of phenols is 2. The van der Waals surface area contributed by atoms with Gasteiger partial charge in [0.15, 0.2) is 0 Å². The Morgan fingerprint density at radius 1 is 1.31 bits per heavy atom. The Balaban J connectivity index is 3.06. The van der Waals surface area contributed by atoms with Gasteiger partial charge >= 0.3 is 0 Å². The second-order valence-electron chi connectivity index (χ2n) is 2.45. The van der Waals surface area contributed by atoms with Gasteiger partial charge < -0.3 is 15.9 Å². The monoisotopic (exact) mass is 179 g/mol. The van der Waals surface area contributed by atoms with Gasteiger partial charge in [-0.2, -0.15) is 0 Å². The van der Waals surface area contributed by atoms with Gasteiger partial charge in [-0.25, -0.2) is 0 Å². The van der Waals surface area contributed by atoms with E-state index in [1.54, 1.807) is 0 Å². The maximum Gasteiger partial charge on any atom is 0.241 e. The first kappa shape index (κ1) is 9.12. The Morgan fingerprint density at radius 2 is 1.85 bits per heavy atom. The molecule has 0 radical (unpaired) electrons. The zero-order valence-electron chi connectivity index (χ0n) is 6.77. The number of benzene rings is 1. The summed E-state index contributed by atoms with van der Waals surface area (Å²) in [4.78, 5) is 10.4. The average molecular weight is 179 g/mol. The van der Waals surface area contributed by atoms with E-state index in [1.165, 1.54) is 24.3 Å². The third-order valence-corrected chi connectivity index (χ3v) is 1.47. The second-order valence-corrected chi connectivity index (χ2v) is 2.45. The molecule has 0 aliphatic rings. The van der Waals surface area contributed by atoms with Crippen molar-refractivity contribution in [1.82, 2.24) is 0 Å². The van der Waals surface area contributed by atoms with Crippen LogP contribution in [0.2, 0.25) is 0 Å². The maximum absolute atomic E-state index is 10.4. The second kappa shape index (κ2) is 3.62. The molecular weight excluding hydrogens is 170 g/mol. The minimum absolute atomic E-state index is 0.0995. The average Bonchev–Trinajstić information content (AvgIpc) is 2.03. The highest BCUT2D eigenvalue weighted by Crippen LogP contribution is 2.27. The zero-order chi connectivity index (χ0) is 9.84. The summed E-state index contributed by atoms with van der Waals surface area (Å²) in [7, 11) is 0. The van der Waals surface area contributed by atoms with Crippen LogP contribution in [0.25, 0.3) is 6.08 Å². The van der Waals surface area contributed by atoms with Crippen molar-refractivity contribution in [3.63, 3.8) is 0 Å². The number of carbonyl (C=O) groups is 1. The van der Waals surface area contributed by atoms with Crippen molar-refractivity contribution in [1.29, 1.82) is 0 Å². The Hall–Kier alpha value is -1.97. The molecule has 4 N–H and O–H groups in total. The highest BCUT2D eigenvalue weighted by molar-refractivity contribution is 5.91. The Morgan fingerprint density at radius 3 is 2.31 bits per heavy atom. The normalized spacial score (nSPS) is 10.5. The fourth-order valence-corrected chi connectivity index (χ4v) is 0.877. The van der Waals surface area contributed by atoms with E-state index in [0.29, 0.717) is 0 Å². The van der Waals surface area contributed by atoms with Crippen LogP contribution in [-0.4, -0.2) is 16.1 Å². The predicted octanol–water partition coefficient (Wildman–Crippen LogP) is 0.596. The summed E-state index contributed by atoms with van der Waals surface area (Å²) >= 11 is 0. The highest BCUT2D eigenvalue weighted by Gasteiger charge is 2.02. The lowest BCUT2D eigenvalue weighted by molar-refractivity contribution is -0.113. The van der Waals surface area contributed by atoms with Crippen LogP contribution in [0.4, 0.5) is 0 Å². The van der Waals surface area contributed by atoms with Crippen LogP contribution in [0, 0.1) is 0 Å². The number of nitrogens with two attached hydrogens (primary N) is 1. The van der Waals surface area contributed by atoms with E-state index in [2.05, 4.69) is 0 Å². The molecule has 4 nitrogen and oxygen atoms in total. The van der Waals surface area contributed by atoms with Gasteiger partial charge in [-0.1, -0.05) is 6.07 Å². The number of primary amides is 1. The molecule has 4 heteroatoms. The summed E-state index contributed by atoms with van der Waals surface area (Å²) in [6, 6.07) is 4.30. The van der Waals surface area contributed by atoms with Gasteiger partial charge in [0.1, 0.15) is 11.5 Å². The largest absolute Gasteiger partial charge is 0.507 e. The van der Waals surface area contributed by atoms with Crippen molar-refractivity contribution in [2.24, 2.45) is 5.73 Å². The van der Waals surface area contributed by atoms with E-state index in [9.17, 15) is 15.0 Å². The van der Waals surface area contributed by atoms with Crippen molar-refractivity contribution in [2.75, 3.05) is 0 Å². The SMILES string of the molecule is NC(=O)C=Cc1c(O)cccc1O. The first-order valence-electron chi connectivity index (χ1n) is 3.59. The molecule has 68 valence electrons. The summed E-state index contributed by atoms with van der Waals surface area (Å²) in [5, 5.41) is 18.5. The van der Waals surface area contributed by atoms with Crippen LogP contribution in [-0.2, 0) is 4.79 Å². The van der Waals surface area contributed by atoms with Crippen molar-refractivity contribution in [2.45, 2.75) is 0 Å². The van der Waals surface area contributed by atoms with E-state index < -0.39 is 5.91 Å². The van der Waals surface area contributed by atoms with Crippen molar-refractivity contribution >= 4 is 12.0 Å². The summed E-state index contributed by atoms with van der Waals surface area (Å²) < 4.78 is 0. The summed E-state index contributed by atoms with van der Waals surface area (Å²) in [6.45, 7) is 0. The smallest absolute Gasteiger partial charge is 0.241 e. The third kappa shape index (κ3) is 2.23. The number of aromatic hydroxyl groups is 2.